The van der Waals surface area contributed by atoms with Crippen LogP contribution >= 0.6 is 11.3 Å². The van der Waals surface area contributed by atoms with Gasteiger partial charge in [0.25, 0.3) is 0 Å². The van der Waals surface area contributed by atoms with Gasteiger partial charge in [0.05, 0.1) is 5.69 Å². The highest BCUT2D eigenvalue weighted by Gasteiger charge is 2.23. The van der Waals surface area contributed by atoms with E-state index < -0.39 is 0 Å². The average molecular weight is 684 g/mol. The van der Waals surface area contributed by atoms with Crippen LogP contribution in [-0.4, -0.2) is 0 Å². The Labute approximate surface area is 302 Å². The number of hydrogen-bond acceptors (Lipinski definition) is 4. The first-order chi connectivity index (χ1) is 25.8. The van der Waals surface area contributed by atoms with E-state index in [1.54, 1.807) is 0 Å². The van der Waals surface area contributed by atoms with Crippen molar-refractivity contribution in [2.24, 2.45) is 0 Å². The van der Waals surface area contributed by atoms with Crippen LogP contribution in [0.5, 0.6) is 0 Å². The zero-order chi connectivity index (χ0) is 33.9. The molecular weight excluding hydrogens is 655 g/mol. The van der Waals surface area contributed by atoms with Gasteiger partial charge in [-0.15, -0.1) is 11.3 Å². The predicted molar refractivity (Wildman–Crippen MR) is 221 cm³/mol. The molecule has 0 bridgehead atoms. The van der Waals surface area contributed by atoms with E-state index in [9.17, 15) is 0 Å². The summed E-state index contributed by atoms with van der Waals surface area (Å²) in [5.41, 5.74) is 6.99. The number of thiophene rings is 1. The topological polar surface area (TPSA) is 29.5 Å². The summed E-state index contributed by atoms with van der Waals surface area (Å²) in [4.78, 5) is 2.36. The summed E-state index contributed by atoms with van der Waals surface area (Å²) in [5, 5.41) is 13.6. The molecule has 12 rings (SSSR count). The van der Waals surface area contributed by atoms with E-state index in [0.29, 0.717) is 0 Å². The van der Waals surface area contributed by atoms with Crippen LogP contribution in [0.3, 0.4) is 0 Å². The number of fused-ring (bicyclic) bond motifs is 15. The molecule has 1 aliphatic carbocycles. The quantitative estimate of drug-likeness (QED) is 0.174. The van der Waals surface area contributed by atoms with Crippen molar-refractivity contribution >= 4 is 120 Å². The van der Waals surface area contributed by atoms with E-state index in [1.165, 1.54) is 58.1 Å². The second-order valence-corrected chi connectivity index (χ2v) is 15.0. The Kier molecular flexibility index (Phi) is 5.77. The molecule has 8 aromatic carbocycles. The minimum Gasteiger partial charge on any atom is -0.460 e. The molecular formula is C48H29NO2S. The van der Waals surface area contributed by atoms with Crippen LogP contribution in [0.2, 0.25) is 0 Å². The number of hydrogen-bond donors (Lipinski definition) is 0. The summed E-state index contributed by atoms with van der Waals surface area (Å²) in [6.45, 7) is 0. The molecule has 0 N–H and O–H groups in total. The Hall–Kier alpha value is -6.36. The summed E-state index contributed by atoms with van der Waals surface area (Å²) in [5.74, 6) is 1.07. The zero-order valence-electron chi connectivity index (χ0n) is 28.0. The molecule has 11 aromatic rings. The van der Waals surface area contributed by atoms with Gasteiger partial charge in [-0.1, -0.05) is 91.0 Å². The molecule has 0 atom stereocenters. The van der Waals surface area contributed by atoms with Crippen molar-refractivity contribution in [2.75, 3.05) is 4.90 Å². The van der Waals surface area contributed by atoms with Crippen molar-refractivity contribution in [3.63, 3.8) is 0 Å². The second-order valence-electron chi connectivity index (χ2n) is 13.9. The van der Waals surface area contributed by atoms with Gasteiger partial charge in [0.1, 0.15) is 16.9 Å². The van der Waals surface area contributed by atoms with E-state index in [1.807, 2.05) is 17.4 Å². The molecule has 0 fully saturated rings. The zero-order valence-corrected chi connectivity index (χ0v) is 28.8. The van der Waals surface area contributed by atoms with E-state index in [-0.39, 0.29) is 0 Å². The van der Waals surface area contributed by atoms with Gasteiger partial charge >= 0.3 is 0 Å². The van der Waals surface area contributed by atoms with Crippen molar-refractivity contribution in [3.8, 4) is 0 Å². The molecule has 3 nitrogen and oxygen atoms in total. The van der Waals surface area contributed by atoms with Crippen molar-refractivity contribution < 1.29 is 8.83 Å². The molecule has 244 valence electrons. The van der Waals surface area contributed by atoms with Crippen LogP contribution in [0, 0.1) is 0 Å². The van der Waals surface area contributed by atoms with Gasteiger partial charge in [0.2, 0.25) is 0 Å². The predicted octanol–water partition coefficient (Wildman–Crippen LogP) is 14.6. The summed E-state index contributed by atoms with van der Waals surface area (Å²) < 4.78 is 15.7. The number of furan rings is 2. The molecule has 3 heterocycles. The maximum Gasteiger partial charge on any atom is 0.159 e. The Morgan fingerprint density at radius 2 is 1.13 bits per heavy atom. The molecule has 0 amide bonds. The molecule has 4 heteroatoms. The van der Waals surface area contributed by atoms with Gasteiger partial charge in [-0.05, 0) is 99.4 Å². The number of nitrogens with zero attached hydrogens (tertiary/aromatic N) is 1. The maximum absolute atomic E-state index is 6.68. The van der Waals surface area contributed by atoms with E-state index in [0.717, 1.165) is 68.6 Å². The lowest BCUT2D eigenvalue weighted by Gasteiger charge is -2.26. The van der Waals surface area contributed by atoms with Crippen molar-refractivity contribution in [1.29, 1.82) is 0 Å². The lowest BCUT2D eigenvalue weighted by molar-refractivity contribution is 0.546. The molecule has 0 spiro atoms. The first-order valence-corrected chi connectivity index (χ1v) is 18.7. The third kappa shape index (κ3) is 3.96. The van der Waals surface area contributed by atoms with E-state index in [2.05, 4.69) is 151 Å². The van der Waals surface area contributed by atoms with E-state index >= 15 is 0 Å². The number of para-hydroxylation sites is 2. The largest absolute Gasteiger partial charge is 0.460 e. The van der Waals surface area contributed by atoms with Gasteiger partial charge in [-0.3, -0.25) is 0 Å². The fraction of sp³-hybridized carbons (Fsp3) is 0.0417. The molecule has 52 heavy (non-hydrogen) atoms. The molecule has 0 aliphatic heterocycles. The normalized spacial score (nSPS) is 13.2. The smallest absolute Gasteiger partial charge is 0.159 e. The number of rotatable bonds is 3. The van der Waals surface area contributed by atoms with Crippen molar-refractivity contribution in [3.05, 3.63) is 157 Å². The molecule has 0 unspecified atom stereocenters. The van der Waals surface area contributed by atoms with Crippen LogP contribution in [0.1, 0.15) is 17.7 Å². The summed E-state index contributed by atoms with van der Waals surface area (Å²) in [7, 11) is 0. The van der Waals surface area contributed by atoms with Crippen LogP contribution in [0.15, 0.2) is 154 Å². The molecule has 0 radical (unpaired) electrons. The van der Waals surface area contributed by atoms with Crippen LogP contribution in [0.4, 0.5) is 17.1 Å². The summed E-state index contributed by atoms with van der Waals surface area (Å²) in [6.07, 6.45) is 6.41. The third-order valence-corrected chi connectivity index (χ3v) is 12.2. The van der Waals surface area contributed by atoms with Crippen LogP contribution in [-0.2, 0) is 6.42 Å². The average Bonchev–Trinajstić information content (AvgIpc) is 3.89. The highest BCUT2D eigenvalue weighted by atomic mass is 32.1. The fourth-order valence-corrected chi connectivity index (χ4v) is 9.84. The van der Waals surface area contributed by atoms with E-state index in [4.69, 9.17) is 8.83 Å². The van der Waals surface area contributed by atoms with Crippen LogP contribution < -0.4 is 4.90 Å². The van der Waals surface area contributed by atoms with Gasteiger partial charge < -0.3 is 13.7 Å². The van der Waals surface area contributed by atoms with Gasteiger partial charge in [0, 0.05) is 59.7 Å². The summed E-state index contributed by atoms with van der Waals surface area (Å²) in [6, 6.07) is 50.9. The first-order valence-electron chi connectivity index (χ1n) is 17.9. The lowest BCUT2D eigenvalue weighted by Crippen LogP contribution is -2.10. The number of anilines is 3. The molecule has 0 saturated carbocycles. The van der Waals surface area contributed by atoms with Gasteiger partial charge in [-0.2, -0.15) is 0 Å². The maximum atomic E-state index is 6.68. The van der Waals surface area contributed by atoms with Crippen LogP contribution in [0.25, 0.3) is 91.5 Å². The van der Waals surface area contributed by atoms with Gasteiger partial charge in [0.15, 0.2) is 5.58 Å². The highest BCUT2D eigenvalue weighted by molar-refractivity contribution is 7.25. The standard InChI is InChI=1S/C48H29NO2S/c1-2-11-31-30(10-1)37-24-28(20-22-32(37)39-27-47-41(26-38(31)39)35-14-5-8-19-46(35)52-47)49(29-21-23-45-40(25-29)34-13-4-6-17-43(34)50-45)42-16-9-15-36-33-12-3-7-18-44(33)51-48(36)42/h1-5,7-16,18-27H,6,17H2. The second kappa shape index (κ2) is 10.6. The summed E-state index contributed by atoms with van der Waals surface area (Å²) >= 11 is 1.88. The Bertz CT molecular complexity index is 3320. The molecule has 1 aliphatic rings. The number of benzene rings is 8. The minimum atomic E-state index is 0.869. The highest BCUT2D eigenvalue weighted by Crippen LogP contribution is 2.47. The van der Waals surface area contributed by atoms with Crippen molar-refractivity contribution in [1.82, 2.24) is 0 Å². The SMILES string of the molecule is C1=Cc2c(oc3ccc(N(c4ccc5c(c4)c4ccccc4c4cc6c(cc54)sc4ccccc46)c4cccc5c4oc4ccccc45)cc23)CC1. The fourth-order valence-electron chi connectivity index (χ4n) is 8.71. The minimum absolute atomic E-state index is 0.869. The monoisotopic (exact) mass is 683 g/mol. The number of aryl methyl sites for hydroxylation is 1. The molecule has 0 saturated heterocycles. The third-order valence-electron chi connectivity index (χ3n) is 11.1. The lowest BCUT2D eigenvalue weighted by atomic mass is 9.93. The Balaban J connectivity index is 1.16. The number of allylic oxidation sites excluding steroid dienone is 1. The van der Waals surface area contributed by atoms with Crippen molar-refractivity contribution in [2.45, 2.75) is 12.8 Å². The Morgan fingerprint density at radius 1 is 0.462 bits per heavy atom. The first kappa shape index (κ1) is 28.3. The van der Waals surface area contributed by atoms with Gasteiger partial charge in [-0.25, -0.2) is 0 Å². The Morgan fingerprint density at radius 3 is 2.02 bits per heavy atom. The molecule has 3 aromatic heterocycles.